The molecule has 3 rings (SSSR count). The number of nitrogens with zero attached hydrogens (tertiary/aromatic N) is 3. The Morgan fingerprint density at radius 1 is 1.42 bits per heavy atom. The maximum Gasteiger partial charge on any atom is 0.286 e. The van der Waals surface area contributed by atoms with Crippen LogP contribution in [0.3, 0.4) is 0 Å². The van der Waals surface area contributed by atoms with Gasteiger partial charge in [0.1, 0.15) is 10.8 Å². The van der Waals surface area contributed by atoms with Gasteiger partial charge in [-0.05, 0) is 31.2 Å². The van der Waals surface area contributed by atoms with Crippen molar-refractivity contribution in [2.45, 2.75) is 19.5 Å². The summed E-state index contributed by atoms with van der Waals surface area (Å²) in [6.45, 7) is 5.73. The van der Waals surface area contributed by atoms with Crippen LogP contribution in [0, 0.1) is 5.82 Å². The fourth-order valence-electron chi connectivity index (χ4n) is 2.42. The summed E-state index contributed by atoms with van der Waals surface area (Å²) in [7, 11) is 0. The van der Waals surface area contributed by atoms with Crippen LogP contribution >= 0.6 is 23.7 Å². The maximum atomic E-state index is 12.9. The normalized spacial score (nSPS) is 18.0. The molecule has 6 nitrogen and oxygen atoms in total. The van der Waals surface area contributed by atoms with Gasteiger partial charge in [-0.2, -0.15) is 0 Å². The second-order valence-electron chi connectivity index (χ2n) is 5.49. The Morgan fingerprint density at radius 3 is 2.88 bits per heavy atom. The summed E-state index contributed by atoms with van der Waals surface area (Å²) in [6, 6.07) is 6.05. The minimum Gasteiger partial charge on any atom is -0.320 e. The van der Waals surface area contributed by atoms with Gasteiger partial charge in [-0.25, -0.2) is 4.39 Å². The fraction of sp³-hybridized carbons (Fsp3) is 0.400. The minimum atomic E-state index is -0.341. The zero-order valence-corrected chi connectivity index (χ0v) is 14.8. The number of carbonyl (C=O) groups is 1. The molecule has 1 amide bonds. The highest BCUT2D eigenvalue weighted by molar-refractivity contribution is 7.13. The van der Waals surface area contributed by atoms with Gasteiger partial charge in [0, 0.05) is 31.4 Å². The molecule has 2 aromatic rings. The number of hydrogen-bond donors (Lipinski definition) is 2. The smallest absolute Gasteiger partial charge is 0.286 e. The molecule has 130 valence electrons. The van der Waals surface area contributed by atoms with Crippen LogP contribution in [-0.2, 0) is 6.54 Å². The molecule has 1 aliphatic heterocycles. The predicted molar refractivity (Wildman–Crippen MR) is 94.3 cm³/mol. The van der Waals surface area contributed by atoms with Gasteiger partial charge in [0.05, 0.1) is 6.54 Å². The van der Waals surface area contributed by atoms with Gasteiger partial charge in [-0.1, -0.05) is 11.3 Å². The Labute approximate surface area is 149 Å². The van der Waals surface area contributed by atoms with Crippen LogP contribution in [-0.4, -0.2) is 46.7 Å². The Morgan fingerprint density at radius 2 is 2.17 bits per heavy atom. The van der Waals surface area contributed by atoms with E-state index in [1.54, 1.807) is 0 Å². The van der Waals surface area contributed by atoms with E-state index in [-0.39, 0.29) is 24.1 Å². The number of carbonyl (C=O) groups excluding carboxylic acids is 1. The molecule has 1 saturated heterocycles. The Bertz CT molecular complexity index is 681. The Balaban J connectivity index is 0.00000208. The molecule has 1 aromatic heterocycles. The SMILES string of the molecule is C[C@@H]1CNCCN1Cc1nnc(C(=O)Nc2ccc(F)cc2)s1.Cl. The van der Waals surface area contributed by atoms with Crippen molar-refractivity contribution in [3.8, 4) is 0 Å². The van der Waals surface area contributed by atoms with Crippen molar-refractivity contribution < 1.29 is 9.18 Å². The predicted octanol–water partition coefficient (Wildman–Crippen LogP) is 2.15. The van der Waals surface area contributed by atoms with Crippen LogP contribution in [0.2, 0.25) is 0 Å². The van der Waals surface area contributed by atoms with Crippen LogP contribution in [0.4, 0.5) is 10.1 Å². The van der Waals surface area contributed by atoms with Crippen molar-refractivity contribution in [1.29, 1.82) is 0 Å². The fourth-order valence-corrected chi connectivity index (χ4v) is 3.18. The average Bonchev–Trinajstić information content (AvgIpc) is 3.01. The van der Waals surface area contributed by atoms with E-state index in [0.717, 1.165) is 24.6 Å². The summed E-state index contributed by atoms with van der Waals surface area (Å²) in [5.74, 6) is -0.667. The van der Waals surface area contributed by atoms with E-state index in [0.29, 0.717) is 23.3 Å². The number of aromatic nitrogens is 2. The summed E-state index contributed by atoms with van der Waals surface area (Å²) in [5.41, 5.74) is 0.531. The third kappa shape index (κ3) is 4.70. The quantitative estimate of drug-likeness (QED) is 0.861. The van der Waals surface area contributed by atoms with Crippen LogP contribution in [0.5, 0.6) is 0 Å². The van der Waals surface area contributed by atoms with Crippen molar-refractivity contribution in [3.05, 3.63) is 40.1 Å². The Hall–Kier alpha value is -1.61. The highest BCUT2D eigenvalue weighted by atomic mass is 35.5. The van der Waals surface area contributed by atoms with Gasteiger partial charge >= 0.3 is 0 Å². The molecule has 1 aliphatic rings. The lowest BCUT2D eigenvalue weighted by molar-refractivity contribution is 0.102. The number of benzene rings is 1. The van der Waals surface area contributed by atoms with Gasteiger partial charge in [-0.3, -0.25) is 9.69 Å². The van der Waals surface area contributed by atoms with Crippen LogP contribution < -0.4 is 10.6 Å². The molecule has 2 heterocycles. The second kappa shape index (κ2) is 8.48. The maximum absolute atomic E-state index is 12.9. The van der Waals surface area contributed by atoms with Crippen molar-refractivity contribution in [3.63, 3.8) is 0 Å². The van der Waals surface area contributed by atoms with Gasteiger partial charge in [0.25, 0.3) is 5.91 Å². The van der Waals surface area contributed by atoms with E-state index >= 15 is 0 Å². The highest BCUT2D eigenvalue weighted by Gasteiger charge is 2.20. The largest absolute Gasteiger partial charge is 0.320 e. The first-order chi connectivity index (χ1) is 11.1. The van der Waals surface area contributed by atoms with Crippen molar-refractivity contribution in [2.75, 3.05) is 25.0 Å². The molecule has 2 N–H and O–H groups in total. The number of hydrogen-bond acceptors (Lipinski definition) is 6. The molecule has 1 atom stereocenters. The van der Waals surface area contributed by atoms with Gasteiger partial charge in [0.15, 0.2) is 0 Å². The topological polar surface area (TPSA) is 70.1 Å². The number of halogens is 2. The minimum absolute atomic E-state index is 0. The van der Waals surface area contributed by atoms with Crippen molar-refractivity contribution in [1.82, 2.24) is 20.4 Å². The number of amides is 1. The standard InChI is InChI=1S/C15H18FN5OS.ClH/c1-10-8-17-6-7-21(10)9-13-19-20-15(23-13)14(22)18-12-4-2-11(16)3-5-12;/h2-5,10,17H,6-9H2,1H3,(H,18,22);1H/t10-;/m1./s1. The van der Waals surface area contributed by atoms with Crippen LogP contribution in [0.15, 0.2) is 24.3 Å². The lowest BCUT2D eigenvalue weighted by atomic mass is 10.2. The van der Waals surface area contributed by atoms with Gasteiger partial charge in [0.2, 0.25) is 5.01 Å². The average molecular weight is 372 g/mol. The molecule has 0 saturated carbocycles. The molecule has 0 unspecified atom stereocenters. The first kappa shape index (κ1) is 18.7. The van der Waals surface area contributed by atoms with E-state index in [4.69, 9.17) is 0 Å². The summed E-state index contributed by atoms with van der Waals surface area (Å²) >= 11 is 1.29. The number of rotatable bonds is 4. The molecular weight excluding hydrogens is 353 g/mol. The summed E-state index contributed by atoms with van der Waals surface area (Å²) in [6.07, 6.45) is 0. The molecule has 24 heavy (non-hydrogen) atoms. The highest BCUT2D eigenvalue weighted by Crippen LogP contribution is 2.17. The van der Waals surface area contributed by atoms with Gasteiger partial charge < -0.3 is 10.6 Å². The summed E-state index contributed by atoms with van der Waals surface area (Å²) in [5, 5.41) is 15.2. The number of nitrogens with one attached hydrogen (secondary N) is 2. The molecule has 0 spiro atoms. The first-order valence-corrected chi connectivity index (χ1v) is 8.27. The second-order valence-corrected chi connectivity index (χ2v) is 6.55. The molecule has 1 fully saturated rings. The molecule has 0 aliphatic carbocycles. The third-order valence-corrected chi connectivity index (χ3v) is 4.65. The number of piperazine rings is 1. The molecule has 9 heteroatoms. The van der Waals surface area contributed by atoms with E-state index in [9.17, 15) is 9.18 Å². The molecule has 0 bridgehead atoms. The van der Waals surface area contributed by atoms with Crippen LogP contribution in [0.1, 0.15) is 21.7 Å². The van der Waals surface area contributed by atoms with E-state index < -0.39 is 0 Å². The van der Waals surface area contributed by atoms with E-state index in [1.807, 2.05) is 0 Å². The van der Waals surface area contributed by atoms with E-state index in [2.05, 4.69) is 32.7 Å². The summed E-state index contributed by atoms with van der Waals surface area (Å²) < 4.78 is 12.9. The lowest BCUT2D eigenvalue weighted by Gasteiger charge is -2.32. The monoisotopic (exact) mass is 371 g/mol. The zero-order chi connectivity index (χ0) is 16.2. The first-order valence-electron chi connectivity index (χ1n) is 7.46. The lowest BCUT2D eigenvalue weighted by Crippen LogP contribution is -2.49. The van der Waals surface area contributed by atoms with Crippen molar-refractivity contribution >= 4 is 35.3 Å². The van der Waals surface area contributed by atoms with Crippen molar-refractivity contribution in [2.24, 2.45) is 0 Å². The van der Waals surface area contributed by atoms with E-state index in [1.165, 1.54) is 35.6 Å². The third-order valence-electron chi connectivity index (χ3n) is 3.74. The summed E-state index contributed by atoms with van der Waals surface area (Å²) in [4.78, 5) is 14.5. The van der Waals surface area contributed by atoms with Crippen LogP contribution in [0.25, 0.3) is 0 Å². The Kier molecular flexibility index (Phi) is 6.61. The molecule has 0 radical (unpaired) electrons. The zero-order valence-electron chi connectivity index (χ0n) is 13.2. The molecular formula is C15H19ClFN5OS. The number of anilines is 1. The van der Waals surface area contributed by atoms with Gasteiger partial charge in [-0.15, -0.1) is 22.6 Å². The molecule has 1 aromatic carbocycles.